The van der Waals surface area contributed by atoms with Crippen LogP contribution in [0.5, 0.6) is 0 Å². The normalized spacial score (nSPS) is 11.9. The highest BCUT2D eigenvalue weighted by Crippen LogP contribution is 2.38. The van der Waals surface area contributed by atoms with Crippen LogP contribution in [0.4, 0.5) is 17.6 Å². The molecule has 0 saturated carbocycles. The lowest BCUT2D eigenvalue weighted by Crippen LogP contribution is -2.11. The highest BCUT2D eigenvalue weighted by Gasteiger charge is 2.37. The number of hydrogen-bond donors (Lipinski definition) is 0. The Balaban J connectivity index is 3.53. The van der Waals surface area contributed by atoms with Crippen LogP contribution in [0.15, 0.2) is 6.07 Å². The molecule has 78 valence electrons. The van der Waals surface area contributed by atoms with E-state index < -0.39 is 22.6 Å². The molecular weight excluding hydrogens is 220 g/mol. The lowest BCUT2D eigenvalue weighted by Gasteiger charge is -2.13. The minimum absolute atomic E-state index is 0.0262. The first-order valence-corrected chi connectivity index (χ1v) is 4.15. The molecule has 0 unspecified atom stereocenters. The van der Waals surface area contributed by atoms with Crippen molar-refractivity contribution < 1.29 is 17.6 Å². The van der Waals surface area contributed by atoms with Crippen molar-refractivity contribution in [3.8, 4) is 0 Å². The molecule has 0 atom stereocenters. The Morgan fingerprint density at radius 1 is 1.21 bits per heavy atom. The molecule has 0 N–H and O–H groups in total. The van der Waals surface area contributed by atoms with Crippen LogP contribution < -0.4 is 0 Å². The van der Waals surface area contributed by atoms with E-state index in [0.29, 0.717) is 5.56 Å². The molecule has 0 radical (unpaired) electrons. The van der Waals surface area contributed by atoms with E-state index in [4.69, 9.17) is 11.6 Å². The molecule has 5 heteroatoms. The topological polar surface area (TPSA) is 0 Å². The standard InChI is InChI=1S/C9H7ClF4/c1-4-3-6(10)7(9(12,13)14)8(11)5(4)2/h3H,1-2H3. The van der Waals surface area contributed by atoms with E-state index in [1.54, 1.807) is 0 Å². The van der Waals surface area contributed by atoms with E-state index in [-0.39, 0.29) is 5.56 Å². The van der Waals surface area contributed by atoms with E-state index >= 15 is 0 Å². The zero-order valence-corrected chi connectivity index (χ0v) is 8.22. The molecule has 0 bridgehead atoms. The third kappa shape index (κ3) is 1.85. The minimum Gasteiger partial charge on any atom is -0.206 e. The molecule has 0 heterocycles. The third-order valence-electron chi connectivity index (χ3n) is 2.01. The maximum Gasteiger partial charge on any atom is 0.420 e. The van der Waals surface area contributed by atoms with Crippen molar-refractivity contribution in [1.29, 1.82) is 0 Å². The van der Waals surface area contributed by atoms with E-state index in [1.165, 1.54) is 13.8 Å². The summed E-state index contributed by atoms with van der Waals surface area (Å²) in [5, 5.41) is -0.599. The molecule has 0 saturated heterocycles. The van der Waals surface area contributed by atoms with Gasteiger partial charge in [-0.2, -0.15) is 13.2 Å². The van der Waals surface area contributed by atoms with Crippen molar-refractivity contribution in [1.82, 2.24) is 0 Å². The summed E-state index contributed by atoms with van der Waals surface area (Å²) < 4.78 is 50.1. The molecule has 1 aromatic carbocycles. The van der Waals surface area contributed by atoms with Crippen molar-refractivity contribution in [2.45, 2.75) is 20.0 Å². The second kappa shape index (κ2) is 3.42. The summed E-state index contributed by atoms with van der Waals surface area (Å²) in [6.07, 6.45) is -4.75. The van der Waals surface area contributed by atoms with E-state index in [9.17, 15) is 17.6 Å². The molecular formula is C9H7ClF4. The Labute approximate surface area is 83.5 Å². The minimum atomic E-state index is -4.75. The first-order valence-electron chi connectivity index (χ1n) is 3.77. The van der Waals surface area contributed by atoms with Crippen LogP contribution in [-0.2, 0) is 6.18 Å². The molecule has 0 aromatic heterocycles. The first-order chi connectivity index (χ1) is 6.25. The van der Waals surface area contributed by atoms with Gasteiger partial charge in [-0.25, -0.2) is 4.39 Å². The molecule has 0 aliphatic heterocycles. The predicted molar refractivity (Wildman–Crippen MR) is 45.9 cm³/mol. The predicted octanol–water partition coefficient (Wildman–Crippen LogP) is 4.11. The zero-order chi connectivity index (χ0) is 11.1. The summed E-state index contributed by atoms with van der Waals surface area (Å²) in [4.78, 5) is 0. The number of halogens is 5. The van der Waals surface area contributed by atoms with Gasteiger partial charge in [0, 0.05) is 0 Å². The van der Waals surface area contributed by atoms with Gasteiger partial charge in [0.2, 0.25) is 0 Å². The van der Waals surface area contributed by atoms with Gasteiger partial charge in [0.05, 0.1) is 5.02 Å². The van der Waals surface area contributed by atoms with Gasteiger partial charge in [0.25, 0.3) is 0 Å². The van der Waals surface area contributed by atoms with Crippen molar-refractivity contribution in [2.24, 2.45) is 0 Å². The molecule has 0 aliphatic carbocycles. The van der Waals surface area contributed by atoms with Crippen LogP contribution in [0.1, 0.15) is 16.7 Å². The SMILES string of the molecule is Cc1cc(Cl)c(C(F)(F)F)c(F)c1C. The van der Waals surface area contributed by atoms with Crippen LogP contribution >= 0.6 is 11.6 Å². The number of aryl methyl sites for hydroxylation is 1. The Bertz CT molecular complexity index is 368. The van der Waals surface area contributed by atoms with Crippen molar-refractivity contribution >= 4 is 11.6 Å². The lowest BCUT2D eigenvalue weighted by molar-refractivity contribution is -0.139. The molecule has 14 heavy (non-hydrogen) atoms. The van der Waals surface area contributed by atoms with E-state index in [2.05, 4.69) is 0 Å². The van der Waals surface area contributed by atoms with Gasteiger partial charge in [0.1, 0.15) is 11.4 Å². The van der Waals surface area contributed by atoms with Gasteiger partial charge in [-0.1, -0.05) is 11.6 Å². The zero-order valence-electron chi connectivity index (χ0n) is 7.47. The number of rotatable bonds is 0. The quantitative estimate of drug-likeness (QED) is 0.584. The summed E-state index contributed by atoms with van der Waals surface area (Å²) in [5.74, 6) is -1.29. The van der Waals surface area contributed by atoms with Gasteiger partial charge in [0.15, 0.2) is 0 Å². The lowest BCUT2D eigenvalue weighted by atomic mass is 10.0. The van der Waals surface area contributed by atoms with Crippen LogP contribution in [0.2, 0.25) is 5.02 Å². The average Bonchev–Trinajstić information content (AvgIpc) is 1.97. The van der Waals surface area contributed by atoms with Crippen molar-refractivity contribution in [3.05, 3.63) is 33.6 Å². The maximum atomic E-state index is 13.2. The fourth-order valence-corrected chi connectivity index (χ4v) is 1.45. The van der Waals surface area contributed by atoms with Gasteiger partial charge >= 0.3 is 6.18 Å². The number of alkyl halides is 3. The number of benzene rings is 1. The average molecular weight is 227 g/mol. The van der Waals surface area contributed by atoms with Gasteiger partial charge < -0.3 is 0 Å². The van der Waals surface area contributed by atoms with Crippen LogP contribution in [0, 0.1) is 19.7 Å². The Hall–Kier alpha value is -0.770. The molecule has 0 amide bonds. The Morgan fingerprint density at radius 3 is 2.14 bits per heavy atom. The summed E-state index contributed by atoms with van der Waals surface area (Å²) in [7, 11) is 0. The molecule has 0 fully saturated rings. The van der Waals surface area contributed by atoms with Gasteiger partial charge in [-0.05, 0) is 31.0 Å². The van der Waals surface area contributed by atoms with E-state index in [1.807, 2.05) is 0 Å². The first kappa shape index (κ1) is 11.3. The maximum absolute atomic E-state index is 13.2. The van der Waals surface area contributed by atoms with Crippen LogP contribution in [0.25, 0.3) is 0 Å². The van der Waals surface area contributed by atoms with E-state index in [0.717, 1.165) is 6.07 Å². The van der Waals surface area contributed by atoms with Crippen LogP contribution in [-0.4, -0.2) is 0 Å². The van der Waals surface area contributed by atoms with Gasteiger partial charge in [-0.3, -0.25) is 0 Å². The summed E-state index contributed by atoms with van der Waals surface area (Å²) in [5.41, 5.74) is -1.01. The Morgan fingerprint density at radius 2 is 1.71 bits per heavy atom. The molecule has 0 aliphatic rings. The smallest absolute Gasteiger partial charge is 0.206 e. The van der Waals surface area contributed by atoms with Crippen molar-refractivity contribution in [2.75, 3.05) is 0 Å². The highest BCUT2D eigenvalue weighted by atomic mass is 35.5. The summed E-state index contributed by atoms with van der Waals surface area (Å²) in [6, 6.07) is 1.11. The number of hydrogen-bond acceptors (Lipinski definition) is 0. The Kier molecular flexibility index (Phi) is 2.76. The second-order valence-corrected chi connectivity index (χ2v) is 3.39. The third-order valence-corrected chi connectivity index (χ3v) is 2.30. The summed E-state index contributed by atoms with van der Waals surface area (Å²) >= 11 is 5.33. The molecule has 1 aromatic rings. The second-order valence-electron chi connectivity index (χ2n) is 2.99. The summed E-state index contributed by atoms with van der Waals surface area (Å²) in [6.45, 7) is 2.79. The van der Waals surface area contributed by atoms with Gasteiger partial charge in [-0.15, -0.1) is 0 Å². The van der Waals surface area contributed by atoms with Crippen LogP contribution in [0.3, 0.4) is 0 Å². The fraction of sp³-hybridized carbons (Fsp3) is 0.333. The van der Waals surface area contributed by atoms with Crippen molar-refractivity contribution in [3.63, 3.8) is 0 Å². The molecule has 1 rings (SSSR count). The molecule has 0 nitrogen and oxygen atoms in total. The largest absolute Gasteiger partial charge is 0.420 e. The monoisotopic (exact) mass is 226 g/mol. The molecule has 0 spiro atoms. The highest BCUT2D eigenvalue weighted by molar-refractivity contribution is 6.31. The fourth-order valence-electron chi connectivity index (χ4n) is 1.10.